The number of carboxylic acid groups (broad SMARTS) is 1. The molecule has 11 nitrogen and oxygen atoms in total. The number of halogens is 2. The van der Waals surface area contributed by atoms with Crippen LogP contribution in [0.3, 0.4) is 0 Å². The summed E-state index contributed by atoms with van der Waals surface area (Å²) < 4.78 is 28.2. The van der Waals surface area contributed by atoms with Gasteiger partial charge in [0.15, 0.2) is 18.1 Å². The number of hydrogen-bond acceptors (Lipinski definition) is 9. The molecule has 0 saturated heterocycles. The van der Waals surface area contributed by atoms with Crippen LogP contribution in [-0.2, 0) is 37.1 Å². The van der Waals surface area contributed by atoms with E-state index in [9.17, 15) is 28.4 Å². The quantitative estimate of drug-likeness (QED) is 0.243. The Morgan fingerprint density at radius 3 is 2.42 bits per heavy atom. The Hall–Kier alpha value is -4.29. The fourth-order valence-electron chi connectivity index (χ4n) is 3.01. The molecule has 0 aliphatic rings. The number of benzene rings is 2. The molecule has 0 fully saturated rings. The van der Waals surface area contributed by atoms with Crippen molar-refractivity contribution in [2.24, 2.45) is 0 Å². The van der Waals surface area contributed by atoms with Crippen LogP contribution >= 0.6 is 11.6 Å². The summed E-state index contributed by atoms with van der Waals surface area (Å²) in [5.41, 5.74) is 3.26. The van der Waals surface area contributed by atoms with E-state index in [-0.39, 0.29) is 23.6 Å². The number of Topliss-reactive ketones (excluding diaryl/α,β-unsaturated/α-hetero) is 1. The van der Waals surface area contributed by atoms with Gasteiger partial charge in [0.05, 0.1) is 6.54 Å². The number of carbonyl (C=O) groups excluding carboxylic acids is 3. The summed E-state index contributed by atoms with van der Waals surface area (Å²) in [6, 6.07) is 10.3. The van der Waals surface area contributed by atoms with Crippen LogP contribution in [0.5, 0.6) is 0 Å². The van der Waals surface area contributed by atoms with Gasteiger partial charge in [-0.3, -0.25) is 15.0 Å². The maximum absolute atomic E-state index is 14.1. The third-order valence-corrected chi connectivity index (χ3v) is 4.99. The molecule has 188 valence electrons. The predicted octanol–water partition coefficient (Wildman–Crippen LogP) is 2.23. The molecular formula is C23H18ClFN2O9. The van der Waals surface area contributed by atoms with Crippen molar-refractivity contribution in [3.05, 3.63) is 81.0 Å². The van der Waals surface area contributed by atoms with Crippen LogP contribution in [0.2, 0.25) is 5.02 Å². The Kier molecular flexibility index (Phi) is 8.35. The Labute approximate surface area is 207 Å². The third-order valence-electron chi connectivity index (χ3n) is 4.75. The first-order valence-electron chi connectivity index (χ1n) is 10.2. The molecule has 0 saturated carbocycles. The zero-order chi connectivity index (χ0) is 26.4. The molecule has 0 aliphatic heterocycles. The van der Waals surface area contributed by atoms with Crippen molar-refractivity contribution in [2.45, 2.75) is 20.1 Å². The van der Waals surface area contributed by atoms with Gasteiger partial charge in [0.25, 0.3) is 5.78 Å². The minimum Gasteiger partial charge on any atom is -0.474 e. The third kappa shape index (κ3) is 6.87. The number of carbonyl (C=O) groups is 4. The van der Waals surface area contributed by atoms with Crippen molar-refractivity contribution in [1.29, 1.82) is 0 Å². The molecule has 0 unspecified atom stereocenters. The van der Waals surface area contributed by atoms with Gasteiger partial charge in [-0.05, 0) is 36.2 Å². The van der Waals surface area contributed by atoms with Crippen molar-refractivity contribution in [1.82, 2.24) is 10.4 Å². The van der Waals surface area contributed by atoms with Gasteiger partial charge in [-0.25, -0.2) is 23.8 Å². The SMILES string of the molecule is Cc1oc(=O)oc1COC(=O)C(=O)CN(Cc1ccc(-c2cc(Cl)ccc2F)cc1)NC(=O)C(=O)O. The highest BCUT2D eigenvalue weighted by Gasteiger charge is 2.24. The molecule has 1 amide bonds. The van der Waals surface area contributed by atoms with Gasteiger partial charge in [0, 0.05) is 17.1 Å². The van der Waals surface area contributed by atoms with E-state index in [0.29, 0.717) is 16.1 Å². The van der Waals surface area contributed by atoms with Crippen molar-refractivity contribution in [3.8, 4) is 11.1 Å². The first kappa shape index (κ1) is 26.3. The van der Waals surface area contributed by atoms with Crippen molar-refractivity contribution in [2.75, 3.05) is 6.54 Å². The molecule has 1 aromatic heterocycles. The van der Waals surface area contributed by atoms with Gasteiger partial charge in [-0.1, -0.05) is 35.9 Å². The second-order valence-electron chi connectivity index (χ2n) is 7.36. The smallest absolute Gasteiger partial charge is 0.474 e. The van der Waals surface area contributed by atoms with E-state index < -0.39 is 48.4 Å². The summed E-state index contributed by atoms with van der Waals surface area (Å²) in [4.78, 5) is 58.1. The lowest BCUT2D eigenvalue weighted by molar-refractivity contribution is -0.157. The molecule has 1 heterocycles. The maximum Gasteiger partial charge on any atom is 0.519 e. The van der Waals surface area contributed by atoms with Crippen LogP contribution in [0, 0.1) is 12.7 Å². The number of nitrogens with zero attached hydrogens (tertiary/aromatic N) is 1. The molecule has 0 spiro atoms. The second-order valence-corrected chi connectivity index (χ2v) is 7.79. The van der Waals surface area contributed by atoms with Gasteiger partial charge >= 0.3 is 23.7 Å². The Bertz CT molecular complexity index is 1360. The number of aliphatic carboxylic acids is 1. The monoisotopic (exact) mass is 520 g/mol. The average Bonchev–Trinajstić information content (AvgIpc) is 3.16. The highest BCUT2D eigenvalue weighted by Crippen LogP contribution is 2.26. The molecule has 0 radical (unpaired) electrons. The van der Waals surface area contributed by atoms with Crippen molar-refractivity contribution >= 4 is 35.2 Å². The molecular weight excluding hydrogens is 503 g/mol. The zero-order valence-electron chi connectivity index (χ0n) is 18.6. The van der Waals surface area contributed by atoms with E-state index in [0.717, 1.165) is 5.01 Å². The Morgan fingerprint density at radius 1 is 1.11 bits per heavy atom. The fourth-order valence-corrected chi connectivity index (χ4v) is 3.18. The van der Waals surface area contributed by atoms with Crippen LogP contribution < -0.4 is 11.2 Å². The number of rotatable bonds is 9. The summed E-state index contributed by atoms with van der Waals surface area (Å²) >= 11 is 5.93. The van der Waals surface area contributed by atoms with Crippen molar-refractivity contribution < 1.29 is 42.2 Å². The summed E-state index contributed by atoms with van der Waals surface area (Å²) in [5, 5.41) is 10.1. The molecule has 0 bridgehead atoms. The molecule has 2 aromatic carbocycles. The number of ketones is 1. The van der Waals surface area contributed by atoms with Crippen molar-refractivity contribution in [3.63, 3.8) is 0 Å². The number of hydrogen-bond donors (Lipinski definition) is 2. The number of hydrazine groups is 1. The van der Waals surface area contributed by atoms with E-state index in [1.807, 2.05) is 5.43 Å². The molecule has 3 rings (SSSR count). The maximum atomic E-state index is 14.1. The van der Waals surface area contributed by atoms with E-state index in [2.05, 4.69) is 8.83 Å². The minimum absolute atomic E-state index is 0.0664. The molecule has 36 heavy (non-hydrogen) atoms. The topological polar surface area (TPSA) is 156 Å². The number of amides is 1. The van der Waals surface area contributed by atoms with Crippen LogP contribution in [0.1, 0.15) is 17.1 Å². The lowest BCUT2D eigenvalue weighted by Crippen LogP contribution is -2.48. The van der Waals surface area contributed by atoms with E-state index in [1.165, 1.54) is 25.1 Å². The number of esters is 1. The lowest BCUT2D eigenvalue weighted by atomic mass is 10.0. The molecule has 3 aromatic rings. The number of nitrogens with one attached hydrogen (secondary N) is 1. The zero-order valence-corrected chi connectivity index (χ0v) is 19.3. The summed E-state index contributed by atoms with van der Waals surface area (Å²) in [5.74, 6) is -7.21. The number of aryl methyl sites for hydroxylation is 1. The Morgan fingerprint density at radius 2 is 1.81 bits per heavy atom. The fraction of sp³-hybridized carbons (Fsp3) is 0.174. The summed E-state index contributed by atoms with van der Waals surface area (Å²) in [7, 11) is 0. The predicted molar refractivity (Wildman–Crippen MR) is 120 cm³/mol. The van der Waals surface area contributed by atoms with Crippen LogP contribution in [0.4, 0.5) is 4.39 Å². The van der Waals surface area contributed by atoms with Gasteiger partial charge in [0.2, 0.25) is 0 Å². The van der Waals surface area contributed by atoms with Crippen LogP contribution in [0.15, 0.2) is 56.1 Å². The number of ether oxygens (including phenoxy) is 1. The van der Waals surface area contributed by atoms with Crippen LogP contribution in [-0.4, -0.2) is 40.3 Å². The molecule has 0 aliphatic carbocycles. The van der Waals surface area contributed by atoms with Crippen LogP contribution in [0.25, 0.3) is 11.1 Å². The number of carboxylic acids is 1. The summed E-state index contributed by atoms with van der Waals surface area (Å²) in [6.45, 7) is -0.0842. The van der Waals surface area contributed by atoms with Gasteiger partial charge in [-0.2, -0.15) is 0 Å². The molecule has 13 heteroatoms. The largest absolute Gasteiger partial charge is 0.519 e. The highest BCUT2D eigenvalue weighted by atomic mass is 35.5. The lowest BCUT2D eigenvalue weighted by Gasteiger charge is -2.21. The Balaban J connectivity index is 1.70. The van der Waals surface area contributed by atoms with Gasteiger partial charge in [-0.15, -0.1) is 0 Å². The highest BCUT2D eigenvalue weighted by molar-refractivity contribution is 6.34. The minimum atomic E-state index is -1.81. The van der Waals surface area contributed by atoms with Gasteiger partial charge in [0.1, 0.15) is 5.82 Å². The van der Waals surface area contributed by atoms with E-state index >= 15 is 0 Å². The van der Waals surface area contributed by atoms with E-state index in [1.54, 1.807) is 24.3 Å². The normalized spacial score (nSPS) is 10.8. The first-order chi connectivity index (χ1) is 17.0. The second kappa shape index (κ2) is 11.4. The molecule has 0 atom stereocenters. The summed E-state index contributed by atoms with van der Waals surface area (Å²) in [6.07, 6.45) is 0. The average molecular weight is 521 g/mol. The van der Waals surface area contributed by atoms with E-state index in [4.69, 9.17) is 21.4 Å². The standard InChI is InChI=1S/C23H18ClFN2O9/c1-12-19(36-23(33)35-12)11-34-22(32)18(28)10-27(26-20(29)21(30)31)9-13-2-4-14(5-3-13)16-8-15(24)6-7-17(16)25/h2-8H,9-11H2,1H3,(H,26,29)(H,30,31). The first-order valence-corrected chi connectivity index (χ1v) is 10.5. The molecule has 2 N–H and O–H groups in total. The van der Waals surface area contributed by atoms with Gasteiger partial charge < -0.3 is 18.7 Å².